The zero-order valence-electron chi connectivity index (χ0n) is 13.2. The van der Waals surface area contributed by atoms with Crippen LogP contribution in [0.1, 0.15) is 19.3 Å². The third-order valence-corrected chi connectivity index (χ3v) is 4.81. The Bertz CT molecular complexity index is 982. The maximum absolute atomic E-state index is 7.99. The van der Waals surface area contributed by atoms with E-state index in [0.29, 0.717) is 26.4 Å². The number of unbranched alkanes of at least 4 members (excludes halogenated alkanes) is 2. The summed E-state index contributed by atoms with van der Waals surface area (Å²) in [5, 5.41) is 9.78. The van der Waals surface area contributed by atoms with Gasteiger partial charge in [0.25, 0.3) is 0 Å². The first-order valence-corrected chi connectivity index (χ1v) is 9.21. The van der Waals surface area contributed by atoms with Gasteiger partial charge in [-0.15, -0.1) is 12.3 Å². The highest BCUT2D eigenvalue weighted by Crippen LogP contribution is 2.31. The molecule has 2 N–H and O–H groups in total. The molecule has 0 aliphatic heterocycles. The summed E-state index contributed by atoms with van der Waals surface area (Å²) in [7, 11) is 0. The maximum atomic E-state index is 7.99. The van der Waals surface area contributed by atoms with Gasteiger partial charge in [-0.2, -0.15) is 0 Å². The Morgan fingerprint density at radius 1 is 1.24 bits per heavy atom. The summed E-state index contributed by atoms with van der Waals surface area (Å²) in [6.07, 6.45) is 9.56. The molecule has 128 valence electrons. The number of rotatable bonds is 6. The number of imidazole rings is 1. The van der Waals surface area contributed by atoms with E-state index in [-0.39, 0.29) is 5.49 Å². The first kappa shape index (κ1) is 17.9. The van der Waals surface area contributed by atoms with Gasteiger partial charge in [0.05, 0.1) is 6.33 Å². The third-order valence-electron chi connectivity index (χ3n) is 3.52. The van der Waals surface area contributed by atoms with E-state index in [0.717, 1.165) is 30.7 Å². The summed E-state index contributed by atoms with van der Waals surface area (Å²) in [5.41, 5.74) is 1.48. The SMILES string of the molecule is C#CCCCCn1cnc(=N)c2[nH]c(Sc3cc(Cl)cc(Cl)c3)nc21. The first-order valence-electron chi connectivity index (χ1n) is 7.64. The zero-order chi connectivity index (χ0) is 17.8. The summed E-state index contributed by atoms with van der Waals surface area (Å²) in [5.74, 6) is 2.64. The summed E-state index contributed by atoms with van der Waals surface area (Å²) in [6, 6.07) is 5.32. The minimum absolute atomic E-state index is 0.165. The molecule has 0 aliphatic carbocycles. The second kappa shape index (κ2) is 7.96. The second-order valence-corrected chi connectivity index (χ2v) is 7.33. The zero-order valence-corrected chi connectivity index (χ0v) is 15.5. The molecule has 25 heavy (non-hydrogen) atoms. The van der Waals surface area contributed by atoms with Crippen molar-refractivity contribution in [2.24, 2.45) is 0 Å². The molecule has 3 aromatic rings. The van der Waals surface area contributed by atoms with Crippen LogP contribution in [0, 0.1) is 17.8 Å². The fourth-order valence-electron chi connectivity index (χ4n) is 2.38. The van der Waals surface area contributed by atoms with Crippen LogP contribution < -0.4 is 5.49 Å². The van der Waals surface area contributed by atoms with Crippen LogP contribution in [0.25, 0.3) is 11.2 Å². The van der Waals surface area contributed by atoms with Crippen molar-refractivity contribution in [3.05, 3.63) is 40.1 Å². The number of aromatic amines is 1. The highest BCUT2D eigenvalue weighted by atomic mass is 35.5. The molecular formula is C17H15Cl2N5S. The molecule has 2 aromatic heterocycles. The smallest absolute Gasteiger partial charge is 0.173 e. The Morgan fingerprint density at radius 3 is 2.72 bits per heavy atom. The Kier molecular flexibility index (Phi) is 5.69. The van der Waals surface area contributed by atoms with Crippen LogP contribution in [-0.4, -0.2) is 19.5 Å². The van der Waals surface area contributed by atoms with Crippen LogP contribution in [0.3, 0.4) is 0 Å². The number of benzene rings is 1. The molecule has 0 aliphatic rings. The van der Waals surface area contributed by atoms with Crippen molar-refractivity contribution in [1.29, 1.82) is 5.41 Å². The molecule has 0 saturated carbocycles. The van der Waals surface area contributed by atoms with Gasteiger partial charge in [0, 0.05) is 27.9 Å². The Hall–Kier alpha value is -1.94. The number of aryl methyl sites for hydroxylation is 1. The number of fused-ring (bicyclic) bond motifs is 1. The van der Waals surface area contributed by atoms with Crippen molar-refractivity contribution < 1.29 is 0 Å². The van der Waals surface area contributed by atoms with Crippen molar-refractivity contribution in [2.45, 2.75) is 35.9 Å². The number of hydrogen-bond donors (Lipinski definition) is 2. The topological polar surface area (TPSA) is 70.3 Å². The molecular weight excluding hydrogens is 377 g/mol. The molecule has 0 radical (unpaired) electrons. The molecule has 0 bridgehead atoms. The number of nitrogens with zero attached hydrogens (tertiary/aromatic N) is 3. The van der Waals surface area contributed by atoms with Gasteiger partial charge in [0.2, 0.25) is 0 Å². The van der Waals surface area contributed by atoms with Crippen LogP contribution in [0.4, 0.5) is 0 Å². The Balaban J connectivity index is 1.89. The summed E-state index contributed by atoms with van der Waals surface area (Å²) in [6.45, 7) is 0.753. The van der Waals surface area contributed by atoms with Gasteiger partial charge in [0.1, 0.15) is 5.52 Å². The average Bonchev–Trinajstić information content (AvgIpc) is 2.97. The van der Waals surface area contributed by atoms with Crippen LogP contribution in [0.5, 0.6) is 0 Å². The normalized spacial score (nSPS) is 10.9. The fourth-order valence-corrected chi connectivity index (χ4v) is 3.92. The van der Waals surface area contributed by atoms with E-state index < -0.39 is 0 Å². The van der Waals surface area contributed by atoms with Crippen LogP contribution in [0.15, 0.2) is 34.6 Å². The molecule has 2 heterocycles. The van der Waals surface area contributed by atoms with Gasteiger partial charge in [-0.3, -0.25) is 5.41 Å². The lowest BCUT2D eigenvalue weighted by atomic mass is 10.2. The largest absolute Gasteiger partial charge is 0.328 e. The fraction of sp³-hybridized carbons (Fsp3) is 0.235. The Morgan fingerprint density at radius 2 is 2.00 bits per heavy atom. The van der Waals surface area contributed by atoms with Gasteiger partial charge in [-0.05, 0) is 31.0 Å². The first-order chi connectivity index (χ1) is 12.1. The van der Waals surface area contributed by atoms with Crippen LogP contribution >= 0.6 is 35.0 Å². The maximum Gasteiger partial charge on any atom is 0.173 e. The van der Waals surface area contributed by atoms with Crippen molar-refractivity contribution >= 4 is 46.1 Å². The molecule has 3 rings (SSSR count). The molecule has 0 fully saturated rings. The van der Waals surface area contributed by atoms with E-state index in [1.54, 1.807) is 12.4 Å². The summed E-state index contributed by atoms with van der Waals surface area (Å²) >= 11 is 13.5. The lowest BCUT2D eigenvalue weighted by Gasteiger charge is -2.05. The van der Waals surface area contributed by atoms with E-state index in [1.807, 2.05) is 16.7 Å². The Labute approximate surface area is 159 Å². The molecule has 0 spiro atoms. The standard InChI is InChI=1S/C17H15Cl2N5S/c1-2-3-4-5-6-24-10-21-15(20)14-16(24)23-17(22-14)25-13-8-11(18)7-12(19)9-13/h1,7-10,20H,3-6H2,(H,22,23). The van der Waals surface area contributed by atoms with E-state index in [9.17, 15) is 0 Å². The molecule has 0 saturated heterocycles. The van der Waals surface area contributed by atoms with Crippen molar-refractivity contribution in [3.8, 4) is 12.3 Å². The molecule has 0 amide bonds. The highest BCUT2D eigenvalue weighted by molar-refractivity contribution is 7.99. The second-order valence-electron chi connectivity index (χ2n) is 5.40. The summed E-state index contributed by atoms with van der Waals surface area (Å²) in [4.78, 5) is 12.8. The molecule has 1 aromatic carbocycles. The molecule has 0 unspecified atom stereocenters. The van der Waals surface area contributed by atoms with Crippen molar-refractivity contribution in [1.82, 2.24) is 19.5 Å². The molecule has 8 heteroatoms. The quantitative estimate of drug-likeness (QED) is 0.479. The van der Waals surface area contributed by atoms with E-state index in [4.69, 9.17) is 35.0 Å². The monoisotopic (exact) mass is 391 g/mol. The predicted molar refractivity (Wildman–Crippen MR) is 101 cm³/mol. The van der Waals surface area contributed by atoms with Gasteiger partial charge in [-0.25, -0.2) is 9.97 Å². The highest BCUT2D eigenvalue weighted by Gasteiger charge is 2.11. The number of terminal acetylenes is 1. The number of nitrogens with one attached hydrogen (secondary N) is 2. The van der Waals surface area contributed by atoms with Gasteiger partial charge >= 0.3 is 0 Å². The summed E-state index contributed by atoms with van der Waals surface area (Å²) < 4.78 is 1.94. The number of aromatic nitrogens is 4. The minimum atomic E-state index is 0.165. The number of halogens is 2. The van der Waals surface area contributed by atoms with Crippen molar-refractivity contribution in [3.63, 3.8) is 0 Å². The van der Waals surface area contributed by atoms with E-state index in [2.05, 4.69) is 20.9 Å². The molecule has 0 atom stereocenters. The van der Waals surface area contributed by atoms with Crippen LogP contribution in [-0.2, 0) is 6.54 Å². The van der Waals surface area contributed by atoms with Gasteiger partial charge in [0.15, 0.2) is 16.3 Å². The van der Waals surface area contributed by atoms with Gasteiger partial charge in [-0.1, -0.05) is 35.0 Å². The minimum Gasteiger partial charge on any atom is -0.328 e. The number of hydrogen-bond acceptors (Lipinski definition) is 4. The van der Waals surface area contributed by atoms with Gasteiger partial charge < -0.3 is 9.55 Å². The molecule has 5 nitrogen and oxygen atoms in total. The lowest BCUT2D eigenvalue weighted by molar-refractivity contribution is 0.617. The van der Waals surface area contributed by atoms with Crippen molar-refractivity contribution in [2.75, 3.05) is 0 Å². The van der Waals surface area contributed by atoms with E-state index in [1.165, 1.54) is 11.8 Å². The average molecular weight is 392 g/mol. The van der Waals surface area contributed by atoms with Crippen LogP contribution in [0.2, 0.25) is 10.0 Å². The predicted octanol–water partition coefficient (Wildman–Crippen LogP) is 4.50. The van der Waals surface area contributed by atoms with E-state index >= 15 is 0 Å². The third kappa shape index (κ3) is 4.37. The lowest BCUT2D eigenvalue weighted by Crippen LogP contribution is -2.12. The number of H-pyrrole nitrogens is 1.